The number of aryl methyl sites for hydroxylation is 1. The summed E-state index contributed by atoms with van der Waals surface area (Å²) in [5.41, 5.74) is 4.54. The molecule has 11 nitrogen and oxygen atoms in total. The van der Waals surface area contributed by atoms with E-state index in [1.807, 2.05) is 7.05 Å². The molecular formula is C19H23ClN4O7. The summed E-state index contributed by atoms with van der Waals surface area (Å²) in [7, 11) is 1.82. The van der Waals surface area contributed by atoms with Crippen LogP contribution in [0.4, 0.5) is 0 Å². The van der Waals surface area contributed by atoms with Crippen LogP contribution in [0.15, 0.2) is 33.7 Å². The van der Waals surface area contributed by atoms with Gasteiger partial charge in [0.15, 0.2) is 11.1 Å². The number of nitrogens with zero attached hydrogens (tertiary/aromatic N) is 3. The van der Waals surface area contributed by atoms with E-state index in [0.29, 0.717) is 5.82 Å². The number of nitrogens with two attached hydrogens (primary N) is 1. The molecule has 1 aromatic carbocycles. The van der Waals surface area contributed by atoms with E-state index in [1.54, 1.807) is 17.0 Å². The number of halogens is 1. The highest BCUT2D eigenvalue weighted by molar-refractivity contribution is 6.32. The Morgan fingerprint density at radius 1 is 1.39 bits per heavy atom. The Kier molecular flexibility index (Phi) is 7.01. The number of oxazole rings is 1. The van der Waals surface area contributed by atoms with Crippen LogP contribution in [-0.4, -0.2) is 55.7 Å². The van der Waals surface area contributed by atoms with Gasteiger partial charge in [0.05, 0.1) is 30.3 Å². The fourth-order valence-corrected chi connectivity index (χ4v) is 3.05. The molecule has 4 N–H and O–H groups in total. The Balaban J connectivity index is 1.85. The number of benzene rings is 1. The molecule has 0 saturated carbocycles. The highest BCUT2D eigenvalue weighted by atomic mass is 35.5. The average Bonchev–Trinajstić information content (AvgIpc) is 3.28. The van der Waals surface area contributed by atoms with Crippen LogP contribution in [0.2, 0.25) is 5.02 Å². The van der Waals surface area contributed by atoms with Crippen molar-refractivity contribution in [2.75, 3.05) is 19.8 Å². The number of aromatic nitrogens is 3. The lowest BCUT2D eigenvalue weighted by Crippen LogP contribution is -2.56. The Morgan fingerprint density at radius 2 is 2.16 bits per heavy atom. The second-order valence-electron chi connectivity index (χ2n) is 6.97. The van der Waals surface area contributed by atoms with Crippen LogP contribution in [0.5, 0.6) is 5.75 Å². The minimum atomic E-state index is -1.89. The molecule has 3 aromatic rings. The summed E-state index contributed by atoms with van der Waals surface area (Å²) in [6.45, 7) is -1.27. The lowest BCUT2D eigenvalue weighted by Gasteiger charge is -2.25. The highest BCUT2D eigenvalue weighted by Gasteiger charge is 2.37. The van der Waals surface area contributed by atoms with E-state index in [-0.39, 0.29) is 48.1 Å². The van der Waals surface area contributed by atoms with Gasteiger partial charge in [-0.3, -0.25) is 4.57 Å². The normalized spacial score (nSPS) is 13.3. The first-order valence-corrected chi connectivity index (χ1v) is 9.76. The van der Waals surface area contributed by atoms with Crippen molar-refractivity contribution in [2.24, 2.45) is 12.8 Å². The number of aliphatic hydroxyl groups is 2. The molecule has 0 amide bonds. The maximum absolute atomic E-state index is 12.4. The Labute approximate surface area is 181 Å². The first kappa shape index (κ1) is 22.8. The molecule has 0 fully saturated rings. The van der Waals surface area contributed by atoms with E-state index in [2.05, 4.69) is 4.98 Å². The van der Waals surface area contributed by atoms with Gasteiger partial charge < -0.3 is 34.4 Å². The number of carbonyl (C=O) groups is 1. The molecule has 31 heavy (non-hydrogen) atoms. The molecule has 3 rings (SSSR count). The van der Waals surface area contributed by atoms with Gasteiger partial charge in [0.1, 0.15) is 18.2 Å². The summed E-state index contributed by atoms with van der Waals surface area (Å²) in [5, 5.41) is 18.7. The molecule has 0 aliphatic heterocycles. The van der Waals surface area contributed by atoms with Crippen molar-refractivity contribution in [3.63, 3.8) is 0 Å². The average molecular weight is 455 g/mol. The third kappa shape index (κ3) is 4.90. The third-order valence-corrected chi connectivity index (χ3v) is 4.96. The molecular weight excluding hydrogens is 432 g/mol. The number of ether oxygens (including phenoxy) is 2. The Morgan fingerprint density at radius 3 is 2.81 bits per heavy atom. The number of hydrogen-bond acceptors (Lipinski definition) is 9. The summed E-state index contributed by atoms with van der Waals surface area (Å²) in [6.07, 6.45) is 3.63. The summed E-state index contributed by atoms with van der Waals surface area (Å²) in [4.78, 5) is 28.9. The first-order valence-electron chi connectivity index (χ1n) is 9.39. The second-order valence-corrected chi connectivity index (χ2v) is 7.38. The van der Waals surface area contributed by atoms with Crippen molar-refractivity contribution in [1.82, 2.24) is 14.1 Å². The van der Waals surface area contributed by atoms with Gasteiger partial charge in [-0.1, -0.05) is 11.6 Å². The summed E-state index contributed by atoms with van der Waals surface area (Å²) >= 11 is 6.31. The van der Waals surface area contributed by atoms with E-state index in [0.717, 1.165) is 4.57 Å². The number of aliphatic hydroxyl groups excluding tert-OH is 2. The smallest absolute Gasteiger partial charge is 0.420 e. The number of rotatable bonds is 10. The largest absolute Gasteiger partial charge is 0.484 e. The zero-order chi connectivity index (χ0) is 22.6. The van der Waals surface area contributed by atoms with Crippen molar-refractivity contribution in [3.8, 4) is 5.75 Å². The van der Waals surface area contributed by atoms with Gasteiger partial charge in [0.25, 0.3) is 0 Å². The zero-order valence-electron chi connectivity index (χ0n) is 16.8. The van der Waals surface area contributed by atoms with Gasteiger partial charge in [-0.25, -0.2) is 14.6 Å². The monoisotopic (exact) mass is 454 g/mol. The van der Waals surface area contributed by atoms with Crippen molar-refractivity contribution in [1.29, 1.82) is 0 Å². The molecule has 2 heterocycles. The highest BCUT2D eigenvalue weighted by Crippen LogP contribution is 2.31. The Hall–Kier alpha value is -2.86. The number of imidazole rings is 1. The SMILES string of the molecule is Cn1ccnc1COc1cc2oc(=O)n(CC(N)(CO)C(=O)OCCCO)c2cc1Cl. The second kappa shape index (κ2) is 9.52. The summed E-state index contributed by atoms with van der Waals surface area (Å²) in [5.74, 6) is -0.752. The molecule has 1 unspecified atom stereocenters. The predicted octanol–water partition coefficient (Wildman–Crippen LogP) is 0.176. The number of fused-ring (bicyclic) bond motifs is 1. The van der Waals surface area contributed by atoms with Gasteiger partial charge >= 0.3 is 11.7 Å². The molecule has 1 atom stereocenters. The summed E-state index contributed by atoms with van der Waals surface area (Å²) < 4.78 is 18.8. The topological polar surface area (TPSA) is 155 Å². The van der Waals surface area contributed by atoms with Gasteiger partial charge in [-0.15, -0.1) is 0 Å². The molecule has 0 bridgehead atoms. The van der Waals surface area contributed by atoms with Crippen molar-refractivity contribution in [3.05, 3.63) is 45.9 Å². The minimum absolute atomic E-state index is 0.0716. The molecule has 12 heteroatoms. The molecule has 0 aliphatic carbocycles. The quantitative estimate of drug-likeness (QED) is 0.287. The van der Waals surface area contributed by atoms with E-state index < -0.39 is 30.4 Å². The molecule has 0 spiro atoms. The Bertz CT molecular complexity index is 1120. The van der Waals surface area contributed by atoms with Gasteiger partial charge in [0.2, 0.25) is 0 Å². The lowest BCUT2D eigenvalue weighted by atomic mass is 10.0. The molecule has 0 aliphatic rings. The maximum atomic E-state index is 12.4. The third-order valence-electron chi connectivity index (χ3n) is 4.66. The fraction of sp³-hybridized carbons (Fsp3) is 0.421. The van der Waals surface area contributed by atoms with Crippen molar-refractivity contribution in [2.45, 2.75) is 25.1 Å². The summed E-state index contributed by atoms with van der Waals surface area (Å²) in [6, 6.07) is 2.90. The number of hydrogen-bond donors (Lipinski definition) is 3. The van der Waals surface area contributed by atoms with Crippen LogP contribution in [0, 0.1) is 0 Å². The first-order chi connectivity index (χ1) is 14.8. The van der Waals surface area contributed by atoms with E-state index >= 15 is 0 Å². The van der Waals surface area contributed by atoms with E-state index in [1.165, 1.54) is 12.1 Å². The van der Waals surface area contributed by atoms with Crippen LogP contribution >= 0.6 is 11.6 Å². The van der Waals surface area contributed by atoms with Crippen molar-refractivity contribution >= 4 is 28.7 Å². The van der Waals surface area contributed by atoms with Crippen LogP contribution in [0.3, 0.4) is 0 Å². The van der Waals surface area contributed by atoms with Gasteiger partial charge in [-0.2, -0.15) is 0 Å². The van der Waals surface area contributed by atoms with E-state index in [4.69, 9.17) is 36.3 Å². The lowest BCUT2D eigenvalue weighted by molar-refractivity contribution is -0.152. The maximum Gasteiger partial charge on any atom is 0.420 e. The zero-order valence-corrected chi connectivity index (χ0v) is 17.5. The van der Waals surface area contributed by atoms with Crippen LogP contribution in [0.25, 0.3) is 11.1 Å². The van der Waals surface area contributed by atoms with E-state index in [9.17, 15) is 14.7 Å². The van der Waals surface area contributed by atoms with Gasteiger partial charge in [-0.05, 0) is 6.07 Å². The predicted molar refractivity (Wildman–Crippen MR) is 110 cm³/mol. The van der Waals surface area contributed by atoms with Crippen LogP contribution in [-0.2, 0) is 29.7 Å². The molecule has 168 valence electrons. The van der Waals surface area contributed by atoms with Crippen LogP contribution in [0.1, 0.15) is 12.2 Å². The standard InChI is InChI=1S/C19H23ClN4O7/c1-23-4-3-22-16(23)9-30-14-8-15-13(7-12(14)20)24(18(28)31-15)10-19(21,11-26)17(27)29-6-2-5-25/h3-4,7-8,25-26H,2,5-6,9-11,21H2,1H3. The molecule has 0 saturated heterocycles. The molecule has 0 radical (unpaired) electrons. The van der Waals surface area contributed by atoms with Crippen LogP contribution < -0.4 is 16.2 Å². The molecule has 2 aromatic heterocycles. The van der Waals surface area contributed by atoms with Crippen molar-refractivity contribution < 1.29 is 28.9 Å². The number of carbonyl (C=O) groups excluding carboxylic acids is 1. The van der Waals surface area contributed by atoms with Gasteiger partial charge in [0, 0.05) is 38.5 Å². The fourth-order valence-electron chi connectivity index (χ4n) is 2.84. The minimum Gasteiger partial charge on any atom is -0.484 e. The number of esters is 1.